The lowest BCUT2D eigenvalue weighted by Crippen LogP contribution is -2.26. The summed E-state index contributed by atoms with van der Waals surface area (Å²) < 4.78 is 4.65. The SMILES string of the molecule is COC(=O)c1ccc(Nc2cnc(C(=O)NCCC(C)C)cn2)cc1. The number of carbonyl (C=O) groups excluding carboxylic acids is 2. The number of benzene rings is 1. The van der Waals surface area contributed by atoms with Gasteiger partial charge in [0, 0.05) is 12.2 Å². The molecule has 2 rings (SSSR count). The minimum Gasteiger partial charge on any atom is -0.465 e. The molecular formula is C18H22N4O3. The number of carbonyl (C=O) groups is 2. The van der Waals surface area contributed by atoms with Crippen LogP contribution in [0.1, 0.15) is 41.1 Å². The van der Waals surface area contributed by atoms with E-state index in [1.54, 1.807) is 24.3 Å². The fourth-order valence-corrected chi connectivity index (χ4v) is 2.03. The number of aromatic nitrogens is 2. The lowest BCUT2D eigenvalue weighted by Gasteiger charge is -2.08. The van der Waals surface area contributed by atoms with E-state index in [0.717, 1.165) is 12.1 Å². The lowest BCUT2D eigenvalue weighted by atomic mass is 10.1. The van der Waals surface area contributed by atoms with Gasteiger partial charge in [-0.1, -0.05) is 13.8 Å². The van der Waals surface area contributed by atoms with Crippen LogP contribution in [-0.4, -0.2) is 35.5 Å². The molecule has 0 aliphatic heterocycles. The molecule has 132 valence electrons. The van der Waals surface area contributed by atoms with Gasteiger partial charge in [0.15, 0.2) is 0 Å². The maximum Gasteiger partial charge on any atom is 0.337 e. The molecule has 0 aliphatic rings. The van der Waals surface area contributed by atoms with Crippen molar-refractivity contribution in [3.05, 3.63) is 47.9 Å². The highest BCUT2D eigenvalue weighted by molar-refractivity contribution is 5.92. The number of nitrogens with zero attached hydrogens (tertiary/aromatic N) is 2. The number of methoxy groups -OCH3 is 1. The van der Waals surface area contributed by atoms with Crippen molar-refractivity contribution in [2.45, 2.75) is 20.3 Å². The smallest absolute Gasteiger partial charge is 0.337 e. The van der Waals surface area contributed by atoms with Crippen molar-refractivity contribution in [3.63, 3.8) is 0 Å². The van der Waals surface area contributed by atoms with Crippen LogP contribution in [0.4, 0.5) is 11.5 Å². The normalized spacial score (nSPS) is 10.4. The van der Waals surface area contributed by atoms with Crippen molar-refractivity contribution in [1.82, 2.24) is 15.3 Å². The first kappa shape index (κ1) is 18.4. The molecular weight excluding hydrogens is 320 g/mol. The number of nitrogens with one attached hydrogen (secondary N) is 2. The van der Waals surface area contributed by atoms with Gasteiger partial charge in [-0.2, -0.15) is 0 Å². The molecule has 1 amide bonds. The minimum atomic E-state index is -0.390. The molecule has 1 aromatic heterocycles. The van der Waals surface area contributed by atoms with E-state index in [1.165, 1.54) is 19.5 Å². The first-order valence-corrected chi connectivity index (χ1v) is 8.05. The molecule has 0 spiro atoms. The Kier molecular flexibility index (Phi) is 6.45. The molecule has 25 heavy (non-hydrogen) atoms. The van der Waals surface area contributed by atoms with E-state index in [9.17, 15) is 9.59 Å². The monoisotopic (exact) mass is 342 g/mol. The summed E-state index contributed by atoms with van der Waals surface area (Å²) in [6, 6.07) is 6.78. The summed E-state index contributed by atoms with van der Waals surface area (Å²) in [6.07, 6.45) is 3.84. The molecule has 0 bridgehead atoms. The van der Waals surface area contributed by atoms with Crippen LogP contribution >= 0.6 is 0 Å². The summed E-state index contributed by atoms with van der Waals surface area (Å²) in [4.78, 5) is 31.6. The average Bonchev–Trinajstić information content (AvgIpc) is 2.62. The van der Waals surface area contributed by atoms with Gasteiger partial charge < -0.3 is 15.4 Å². The Hall–Kier alpha value is -2.96. The molecule has 0 atom stereocenters. The van der Waals surface area contributed by atoms with Crippen LogP contribution < -0.4 is 10.6 Å². The fourth-order valence-electron chi connectivity index (χ4n) is 2.03. The van der Waals surface area contributed by atoms with Gasteiger partial charge in [-0.3, -0.25) is 4.79 Å². The molecule has 2 N–H and O–H groups in total. The zero-order valence-electron chi connectivity index (χ0n) is 14.6. The number of rotatable bonds is 7. The maximum absolute atomic E-state index is 11.9. The highest BCUT2D eigenvalue weighted by atomic mass is 16.5. The minimum absolute atomic E-state index is 0.234. The summed E-state index contributed by atoms with van der Waals surface area (Å²) in [5.74, 6) is 0.411. The number of amides is 1. The van der Waals surface area contributed by atoms with E-state index < -0.39 is 0 Å². The van der Waals surface area contributed by atoms with Gasteiger partial charge in [0.1, 0.15) is 11.5 Å². The predicted molar refractivity (Wildman–Crippen MR) is 94.9 cm³/mol. The Morgan fingerprint density at radius 3 is 2.40 bits per heavy atom. The third-order valence-corrected chi connectivity index (χ3v) is 3.47. The van der Waals surface area contributed by atoms with Crippen molar-refractivity contribution < 1.29 is 14.3 Å². The quantitative estimate of drug-likeness (QED) is 0.752. The summed E-state index contributed by atoms with van der Waals surface area (Å²) in [7, 11) is 1.34. The first-order valence-electron chi connectivity index (χ1n) is 8.05. The van der Waals surface area contributed by atoms with Crippen molar-refractivity contribution in [2.75, 3.05) is 19.0 Å². The Balaban J connectivity index is 1.93. The van der Waals surface area contributed by atoms with Crippen LogP contribution in [0.5, 0.6) is 0 Å². The molecule has 0 fully saturated rings. The summed E-state index contributed by atoms with van der Waals surface area (Å²) >= 11 is 0. The topological polar surface area (TPSA) is 93.2 Å². The molecule has 0 saturated carbocycles. The standard InChI is InChI=1S/C18H22N4O3/c1-12(2)8-9-19-17(23)15-10-21-16(11-20-15)22-14-6-4-13(5-7-14)18(24)25-3/h4-7,10-12H,8-9H2,1-3H3,(H,19,23)(H,21,22). The molecule has 2 aromatic rings. The molecule has 7 heteroatoms. The van der Waals surface area contributed by atoms with Crippen molar-refractivity contribution in [1.29, 1.82) is 0 Å². The van der Waals surface area contributed by atoms with Gasteiger partial charge in [-0.25, -0.2) is 14.8 Å². The van der Waals surface area contributed by atoms with E-state index in [0.29, 0.717) is 23.8 Å². The molecule has 0 radical (unpaired) electrons. The first-order chi connectivity index (χ1) is 12.0. The molecule has 7 nitrogen and oxygen atoms in total. The largest absolute Gasteiger partial charge is 0.465 e. The van der Waals surface area contributed by atoms with E-state index in [-0.39, 0.29) is 17.6 Å². The maximum atomic E-state index is 11.9. The molecule has 0 unspecified atom stereocenters. The van der Waals surface area contributed by atoms with Crippen LogP contribution in [0, 0.1) is 5.92 Å². The third kappa shape index (κ3) is 5.56. The van der Waals surface area contributed by atoms with E-state index >= 15 is 0 Å². The Morgan fingerprint density at radius 2 is 1.84 bits per heavy atom. The van der Waals surface area contributed by atoms with Crippen LogP contribution in [0.2, 0.25) is 0 Å². The van der Waals surface area contributed by atoms with Gasteiger partial charge in [0.25, 0.3) is 5.91 Å². The van der Waals surface area contributed by atoms with Gasteiger partial charge in [0.05, 0.1) is 25.1 Å². The third-order valence-electron chi connectivity index (χ3n) is 3.47. The number of ether oxygens (including phenoxy) is 1. The molecule has 0 aliphatic carbocycles. The van der Waals surface area contributed by atoms with Crippen LogP contribution in [0.15, 0.2) is 36.7 Å². The van der Waals surface area contributed by atoms with Gasteiger partial charge in [-0.05, 0) is 36.6 Å². The van der Waals surface area contributed by atoms with Gasteiger partial charge in [0.2, 0.25) is 0 Å². The summed E-state index contributed by atoms with van der Waals surface area (Å²) in [6.45, 7) is 4.82. The van der Waals surface area contributed by atoms with Gasteiger partial charge >= 0.3 is 5.97 Å². The number of hydrogen-bond donors (Lipinski definition) is 2. The van der Waals surface area contributed by atoms with Crippen molar-refractivity contribution in [3.8, 4) is 0 Å². The van der Waals surface area contributed by atoms with Gasteiger partial charge in [-0.15, -0.1) is 0 Å². The zero-order chi connectivity index (χ0) is 18.2. The summed E-state index contributed by atoms with van der Waals surface area (Å²) in [5, 5.41) is 5.87. The number of esters is 1. The fraction of sp³-hybridized carbons (Fsp3) is 0.333. The highest BCUT2D eigenvalue weighted by Crippen LogP contribution is 2.15. The second-order valence-electron chi connectivity index (χ2n) is 5.92. The van der Waals surface area contributed by atoms with Crippen LogP contribution in [0.3, 0.4) is 0 Å². The zero-order valence-corrected chi connectivity index (χ0v) is 14.6. The Bertz CT molecular complexity index is 712. The highest BCUT2D eigenvalue weighted by Gasteiger charge is 2.08. The van der Waals surface area contributed by atoms with E-state index in [1.807, 2.05) is 0 Å². The van der Waals surface area contributed by atoms with E-state index in [4.69, 9.17) is 0 Å². The molecule has 1 heterocycles. The molecule has 0 saturated heterocycles. The van der Waals surface area contributed by atoms with Crippen LogP contribution in [-0.2, 0) is 4.74 Å². The van der Waals surface area contributed by atoms with Crippen molar-refractivity contribution >= 4 is 23.4 Å². The summed E-state index contributed by atoms with van der Waals surface area (Å²) in [5.41, 5.74) is 1.49. The Morgan fingerprint density at radius 1 is 1.12 bits per heavy atom. The predicted octanol–water partition coefficient (Wildman–Crippen LogP) is 2.78. The molecule has 1 aromatic carbocycles. The lowest BCUT2D eigenvalue weighted by molar-refractivity contribution is 0.0600. The second kappa shape index (κ2) is 8.77. The average molecular weight is 342 g/mol. The Labute approximate surface area is 146 Å². The number of hydrogen-bond acceptors (Lipinski definition) is 6. The van der Waals surface area contributed by atoms with Crippen molar-refractivity contribution in [2.24, 2.45) is 5.92 Å². The van der Waals surface area contributed by atoms with Crippen LogP contribution in [0.25, 0.3) is 0 Å². The second-order valence-corrected chi connectivity index (χ2v) is 5.92. The number of anilines is 2. The van der Waals surface area contributed by atoms with E-state index in [2.05, 4.69) is 39.2 Å².